The molecule has 0 saturated carbocycles. The van der Waals surface area contributed by atoms with Crippen molar-refractivity contribution in [2.24, 2.45) is 0 Å². The first-order valence-electron chi connectivity index (χ1n) is 5.70. The van der Waals surface area contributed by atoms with Gasteiger partial charge in [0.2, 0.25) is 0 Å². The Morgan fingerprint density at radius 1 is 1.00 bits per heavy atom. The third-order valence-corrected chi connectivity index (χ3v) is 3.62. The average Bonchev–Trinajstić information content (AvgIpc) is 2.38. The van der Waals surface area contributed by atoms with Crippen LogP contribution in [0.3, 0.4) is 0 Å². The van der Waals surface area contributed by atoms with Crippen LogP contribution in [0.4, 0.5) is 10.2 Å². The van der Waals surface area contributed by atoms with Gasteiger partial charge in [0.25, 0.3) is 0 Å². The molecule has 0 amide bonds. The zero-order valence-electron chi connectivity index (χ0n) is 9.97. The van der Waals surface area contributed by atoms with Gasteiger partial charge >= 0.3 is 118 Å². The fraction of sp³-hybridized carbons (Fsp3) is 0. The zero-order chi connectivity index (χ0) is 13.4. The van der Waals surface area contributed by atoms with Gasteiger partial charge < -0.3 is 0 Å². The molecule has 5 heteroatoms. The Morgan fingerprint density at radius 2 is 1.84 bits per heavy atom. The SMILES string of the molecule is Nc1ncnc2ccc(-c3cc(F)cc([AsH2])c3)cc12. The molecule has 0 fully saturated rings. The minimum atomic E-state index is -0.228. The summed E-state index contributed by atoms with van der Waals surface area (Å²) in [5.41, 5.74) is 8.37. The van der Waals surface area contributed by atoms with Crippen molar-refractivity contribution < 1.29 is 4.39 Å². The topological polar surface area (TPSA) is 51.8 Å². The van der Waals surface area contributed by atoms with Crippen LogP contribution in [0.2, 0.25) is 0 Å². The third kappa shape index (κ3) is 2.31. The van der Waals surface area contributed by atoms with Crippen LogP contribution in [0.5, 0.6) is 0 Å². The van der Waals surface area contributed by atoms with Crippen LogP contribution in [0.1, 0.15) is 0 Å². The van der Waals surface area contributed by atoms with E-state index in [0.29, 0.717) is 5.82 Å². The number of nitrogen functional groups attached to an aromatic ring is 1. The molecule has 0 radical (unpaired) electrons. The molecule has 3 nitrogen and oxygen atoms in total. The molecule has 0 aliphatic heterocycles. The first kappa shape index (κ1) is 12.1. The van der Waals surface area contributed by atoms with E-state index in [0.717, 1.165) is 26.4 Å². The molecule has 1 aromatic heterocycles. The van der Waals surface area contributed by atoms with Crippen LogP contribution in [-0.4, -0.2) is 26.8 Å². The van der Waals surface area contributed by atoms with Gasteiger partial charge in [0.15, 0.2) is 0 Å². The van der Waals surface area contributed by atoms with Gasteiger partial charge in [-0.15, -0.1) is 0 Å². The summed E-state index contributed by atoms with van der Waals surface area (Å²) in [6, 6.07) is 10.7. The summed E-state index contributed by atoms with van der Waals surface area (Å²) in [5, 5.41) is 0.785. The van der Waals surface area contributed by atoms with E-state index in [1.165, 1.54) is 35.3 Å². The van der Waals surface area contributed by atoms with E-state index in [9.17, 15) is 4.39 Å². The first-order valence-corrected chi connectivity index (χ1v) is 6.91. The Bertz CT molecular complexity index is 753. The number of nitrogens with zero attached hydrogens (tertiary/aromatic N) is 2. The molecule has 1 heterocycles. The second-order valence-electron chi connectivity index (χ2n) is 4.26. The Kier molecular flexibility index (Phi) is 2.95. The van der Waals surface area contributed by atoms with E-state index in [2.05, 4.69) is 9.97 Å². The molecule has 2 aromatic carbocycles. The summed E-state index contributed by atoms with van der Waals surface area (Å²) in [5.74, 6) is 0.207. The number of fused-ring (bicyclic) bond motifs is 1. The van der Waals surface area contributed by atoms with Crippen molar-refractivity contribution in [3.63, 3.8) is 0 Å². The van der Waals surface area contributed by atoms with Crippen molar-refractivity contribution in [3.05, 3.63) is 48.5 Å². The van der Waals surface area contributed by atoms with Crippen molar-refractivity contribution >= 4 is 37.9 Å². The molecule has 1 unspecified atom stereocenters. The van der Waals surface area contributed by atoms with E-state index in [1.807, 2.05) is 24.3 Å². The van der Waals surface area contributed by atoms with Gasteiger partial charge in [-0.1, -0.05) is 0 Å². The predicted octanol–water partition coefficient (Wildman–Crippen LogP) is 1.28. The predicted molar refractivity (Wildman–Crippen MR) is 77.5 cm³/mol. The van der Waals surface area contributed by atoms with Crippen LogP contribution in [-0.2, 0) is 0 Å². The molecule has 0 bridgehead atoms. The number of rotatable bonds is 1. The molecule has 0 spiro atoms. The van der Waals surface area contributed by atoms with Crippen molar-refractivity contribution in [3.8, 4) is 11.1 Å². The number of nitrogens with two attached hydrogens (primary N) is 1. The molecule has 94 valence electrons. The monoisotopic (exact) mass is 315 g/mol. The van der Waals surface area contributed by atoms with Crippen molar-refractivity contribution in [2.75, 3.05) is 5.73 Å². The Labute approximate surface area is 118 Å². The van der Waals surface area contributed by atoms with E-state index >= 15 is 0 Å². The second kappa shape index (κ2) is 4.63. The molecule has 2 N–H and O–H groups in total. The minimum absolute atomic E-state index is 0.228. The molecular formula is C14H11AsFN3. The first-order chi connectivity index (χ1) is 9.13. The van der Waals surface area contributed by atoms with Crippen LogP contribution < -0.4 is 10.1 Å². The van der Waals surface area contributed by atoms with Crippen LogP contribution in [0.15, 0.2) is 42.7 Å². The molecule has 0 saturated heterocycles. The second-order valence-corrected chi connectivity index (χ2v) is 5.66. The third-order valence-electron chi connectivity index (χ3n) is 2.92. The molecule has 1 atom stereocenters. The standard InChI is InChI=1S/C14H11AsFN3/c15-10-3-9(4-11(16)6-10)8-1-2-13-12(5-8)14(17)19-7-18-13/h1-7H,15H2,(H2,17,18,19). The number of hydrogen-bond acceptors (Lipinski definition) is 3. The van der Waals surface area contributed by atoms with Crippen LogP contribution >= 0.6 is 0 Å². The van der Waals surface area contributed by atoms with Gasteiger partial charge in [-0.3, -0.25) is 0 Å². The molecular weight excluding hydrogens is 304 g/mol. The summed E-state index contributed by atoms with van der Waals surface area (Å²) in [6.07, 6.45) is 1.44. The van der Waals surface area contributed by atoms with Crippen molar-refractivity contribution in [1.82, 2.24) is 9.97 Å². The molecule has 19 heavy (non-hydrogen) atoms. The van der Waals surface area contributed by atoms with E-state index in [1.54, 1.807) is 0 Å². The van der Waals surface area contributed by atoms with Gasteiger partial charge in [0, 0.05) is 0 Å². The van der Waals surface area contributed by atoms with Crippen molar-refractivity contribution in [2.45, 2.75) is 0 Å². The molecule has 0 aliphatic rings. The zero-order valence-corrected chi connectivity index (χ0v) is 12.4. The molecule has 3 aromatic rings. The van der Waals surface area contributed by atoms with Crippen molar-refractivity contribution in [1.29, 1.82) is 0 Å². The number of benzene rings is 2. The number of halogens is 1. The van der Waals surface area contributed by atoms with Gasteiger partial charge in [-0.25, -0.2) is 0 Å². The fourth-order valence-corrected chi connectivity index (χ4v) is 2.75. The Morgan fingerprint density at radius 3 is 2.63 bits per heavy atom. The van der Waals surface area contributed by atoms with Crippen LogP contribution in [0.25, 0.3) is 22.0 Å². The van der Waals surface area contributed by atoms with E-state index in [4.69, 9.17) is 5.73 Å². The number of anilines is 1. The van der Waals surface area contributed by atoms with Gasteiger partial charge in [-0.05, 0) is 0 Å². The molecule has 3 rings (SSSR count). The summed E-state index contributed by atoms with van der Waals surface area (Å²) in [4.78, 5) is 8.12. The maximum atomic E-state index is 13.5. The number of aromatic nitrogens is 2. The molecule has 0 aliphatic carbocycles. The van der Waals surface area contributed by atoms with Gasteiger partial charge in [0.05, 0.1) is 0 Å². The van der Waals surface area contributed by atoms with Gasteiger partial charge in [0.1, 0.15) is 0 Å². The summed E-state index contributed by atoms with van der Waals surface area (Å²) in [6.45, 7) is 0. The summed E-state index contributed by atoms with van der Waals surface area (Å²) >= 11 is 1.39. The summed E-state index contributed by atoms with van der Waals surface area (Å²) in [7, 11) is 0. The fourth-order valence-electron chi connectivity index (χ4n) is 2.04. The summed E-state index contributed by atoms with van der Waals surface area (Å²) < 4.78 is 14.4. The number of hydrogen-bond donors (Lipinski definition) is 1. The average molecular weight is 315 g/mol. The Balaban J connectivity index is 2.22. The maximum absolute atomic E-state index is 13.5. The quantitative estimate of drug-likeness (QED) is 0.688. The van der Waals surface area contributed by atoms with E-state index < -0.39 is 0 Å². The van der Waals surface area contributed by atoms with Crippen LogP contribution in [0, 0.1) is 5.82 Å². The Hall–Kier alpha value is -1.93. The van der Waals surface area contributed by atoms with E-state index in [-0.39, 0.29) is 5.82 Å². The normalized spacial score (nSPS) is 10.8. The van der Waals surface area contributed by atoms with Gasteiger partial charge in [-0.2, -0.15) is 0 Å².